The summed E-state index contributed by atoms with van der Waals surface area (Å²) in [6, 6.07) is 4.68. The molecule has 4 heteroatoms. The number of aliphatic hydroxyl groups is 1. The molecule has 0 amide bonds. The van der Waals surface area contributed by atoms with E-state index in [1.807, 2.05) is 14.0 Å². The second kappa shape index (κ2) is 8.88. The van der Waals surface area contributed by atoms with Crippen LogP contribution >= 0.6 is 0 Å². The number of unbranched alkanes of at least 4 members (excludes halogenated alkanes) is 3. The maximum Gasteiger partial charge on any atom is 0.124 e. The van der Waals surface area contributed by atoms with Crippen LogP contribution in [-0.4, -0.2) is 25.4 Å². The lowest BCUT2D eigenvalue weighted by Crippen LogP contribution is -2.14. The maximum absolute atomic E-state index is 13.3. The predicted molar refractivity (Wildman–Crippen MR) is 74.9 cm³/mol. The molecule has 1 aromatic carbocycles. The largest absolute Gasteiger partial charge is 0.493 e. The molecule has 1 unspecified atom stereocenters. The monoisotopic (exact) mass is 269 g/mol. The first-order valence-electron chi connectivity index (χ1n) is 6.89. The molecular weight excluding hydrogens is 245 g/mol. The van der Waals surface area contributed by atoms with E-state index in [0.29, 0.717) is 6.61 Å². The zero-order valence-corrected chi connectivity index (χ0v) is 11.8. The molecule has 0 aliphatic carbocycles. The van der Waals surface area contributed by atoms with Crippen molar-refractivity contribution in [3.05, 3.63) is 29.6 Å². The van der Waals surface area contributed by atoms with E-state index in [-0.39, 0.29) is 18.5 Å². The van der Waals surface area contributed by atoms with Crippen molar-refractivity contribution < 1.29 is 14.2 Å². The normalized spacial score (nSPS) is 12.4. The van der Waals surface area contributed by atoms with Gasteiger partial charge in [-0.25, -0.2) is 4.39 Å². The van der Waals surface area contributed by atoms with E-state index in [0.717, 1.165) is 37.0 Å². The number of benzene rings is 1. The summed E-state index contributed by atoms with van der Waals surface area (Å²) in [7, 11) is 1.84. The van der Waals surface area contributed by atoms with E-state index in [4.69, 9.17) is 9.84 Å². The van der Waals surface area contributed by atoms with Crippen molar-refractivity contribution in [1.82, 2.24) is 5.32 Å². The Hall–Kier alpha value is -1.13. The molecule has 3 nitrogen and oxygen atoms in total. The molecule has 0 radical (unpaired) electrons. The van der Waals surface area contributed by atoms with Gasteiger partial charge >= 0.3 is 0 Å². The Morgan fingerprint density at radius 1 is 1.26 bits per heavy atom. The highest BCUT2D eigenvalue weighted by atomic mass is 19.1. The average molecular weight is 269 g/mol. The van der Waals surface area contributed by atoms with Gasteiger partial charge in [-0.1, -0.05) is 6.42 Å². The molecule has 0 aliphatic rings. The van der Waals surface area contributed by atoms with Crippen LogP contribution in [0.25, 0.3) is 0 Å². The third-order valence-corrected chi connectivity index (χ3v) is 3.18. The summed E-state index contributed by atoms with van der Waals surface area (Å²) in [5.41, 5.74) is 0.845. The summed E-state index contributed by atoms with van der Waals surface area (Å²) in [5.74, 6) is 0.498. The van der Waals surface area contributed by atoms with Gasteiger partial charge in [0.25, 0.3) is 0 Å². The Morgan fingerprint density at radius 2 is 2.00 bits per heavy atom. The first kappa shape index (κ1) is 15.9. The van der Waals surface area contributed by atoms with Crippen LogP contribution in [0.4, 0.5) is 4.39 Å². The Bertz CT molecular complexity index is 371. The summed E-state index contributed by atoms with van der Waals surface area (Å²) < 4.78 is 19.0. The third-order valence-electron chi connectivity index (χ3n) is 3.18. The van der Waals surface area contributed by atoms with Gasteiger partial charge < -0.3 is 15.2 Å². The minimum absolute atomic E-state index is 0.0556. The Kier molecular flexibility index (Phi) is 7.45. The topological polar surface area (TPSA) is 41.5 Å². The van der Waals surface area contributed by atoms with Gasteiger partial charge in [-0.3, -0.25) is 0 Å². The number of ether oxygens (including phenoxy) is 1. The summed E-state index contributed by atoms with van der Waals surface area (Å²) in [5, 5.41) is 11.8. The molecule has 108 valence electrons. The van der Waals surface area contributed by atoms with Crippen molar-refractivity contribution in [3.8, 4) is 5.75 Å². The van der Waals surface area contributed by atoms with E-state index in [9.17, 15) is 4.39 Å². The lowest BCUT2D eigenvalue weighted by atomic mass is 10.1. The van der Waals surface area contributed by atoms with Crippen molar-refractivity contribution >= 4 is 0 Å². The molecule has 19 heavy (non-hydrogen) atoms. The van der Waals surface area contributed by atoms with Crippen molar-refractivity contribution in [2.75, 3.05) is 20.3 Å². The van der Waals surface area contributed by atoms with Gasteiger partial charge in [0, 0.05) is 18.2 Å². The highest BCUT2D eigenvalue weighted by Crippen LogP contribution is 2.26. The van der Waals surface area contributed by atoms with Crippen LogP contribution in [0.3, 0.4) is 0 Å². The highest BCUT2D eigenvalue weighted by Gasteiger charge is 2.11. The molecule has 0 bridgehead atoms. The Labute approximate surface area is 114 Å². The van der Waals surface area contributed by atoms with Crippen molar-refractivity contribution in [1.29, 1.82) is 0 Å². The number of halogens is 1. The molecular formula is C15H24FNO2. The number of aliphatic hydroxyl groups excluding tert-OH is 1. The first-order chi connectivity index (χ1) is 9.19. The zero-order chi connectivity index (χ0) is 14.1. The lowest BCUT2D eigenvalue weighted by Gasteiger charge is -2.16. The van der Waals surface area contributed by atoms with E-state index in [2.05, 4.69) is 5.32 Å². The van der Waals surface area contributed by atoms with Crippen LogP contribution in [-0.2, 0) is 0 Å². The van der Waals surface area contributed by atoms with Crippen LogP contribution in [0.5, 0.6) is 5.75 Å². The highest BCUT2D eigenvalue weighted by molar-refractivity contribution is 5.36. The quantitative estimate of drug-likeness (QED) is 0.677. The van der Waals surface area contributed by atoms with Crippen LogP contribution in [0.2, 0.25) is 0 Å². The Morgan fingerprint density at radius 3 is 2.68 bits per heavy atom. The molecule has 0 saturated heterocycles. The third kappa shape index (κ3) is 5.57. The van der Waals surface area contributed by atoms with Crippen LogP contribution < -0.4 is 10.1 Å². The number of hydrogen-bond acceptors (Lipinski definition) is 3. The van der Waals surface area contributed by atoms with E-state index < -0.39 is 0 Å². The molecule has 0 heterocycles. The fourth-order valence-corrected chi connectivity index (χ4v) is 1.89. The van der Waals surface area contributed by atoms with Gasteiger partial charge in [0.1, 0.15) is 11.6 Å². The average Bonchev–Trinajstić information content (AvgIpc) is 2.43. The minimum Gasteiger partial charge on any atom is -0.493 e. The molecule has 0 aliphatic heterocycles. The van der Waals surface area contributed by atoms with E-state index >= 15 is 0 Å². The van der Waals surface area contributed by atoms with Gasteiger partial charge in [0.15, 0.2) is 0 Å². The van der Waals surface area contributed by atoms with Gasteiger partial charge in [-0.05, 0) is 51.4 Å². The summed E-state index contributed by atoms with van der Waals surface area (Å²) >= 11 is 0. The van der Waals surface area contributed by atoms with Crippen molar-refractivity contribution in [2.45, 2.75) is 38.6 Å². The minimum atomic E-state index is -0.243. The lowest BCUT2D eigenvalue weighted by molar-refractivity contribution is 0.272. The zero-order valence-electron chi connectivity index (χ0n) is 11.8. The van der Waals surface area contributed by atoms with Crippen LogP contribution in [0.1, 0.15) is 44.2 Å². The standard InChI is InChI=1S/C15H24FNO2/c1-12(17-2)14-11-13(16)7-8-15(14)19-10-6-4-3-5-9-18/h7-8,11-12,17-18H,3-6,9-10H2,1-2H3. The molecule has 1 atom stereocenters. The fraction of sp³-hybridized carbons (Fsp3) is 0.600. The molecule has 1 aromatic rings. The molecule has 0 aromatic heterocycles. The van der Waals surface area contributed by atoms with Gasteiger partial charge in [-0.2, -0.15) is 0 Å². The smallest absolute Gasteiger partial charge is 0.124 e. The summed E-state index contributed by atoms with van der Waals surface area (Å²) in [4.78, 5) is 0. The van der Waals surface area contributed by atoms with E-state index in [1.165, 1.54) is 12.1 Å². The first-order valence-corrected chi connectivity index (χ1v) is 6.89. The summed E-state index contributed by atoms with van der Waals surface area (Å²) in [6.07, 6.45) is 3.85. The summed E-state index contributed by atoms with van der Waals surface area (Å²) in [6.45, 7) is 2.85. The van der Waals surface area contributed by atoms with Gasteiger partial charge in [0.2, 0.25) is 0 Å². The predicted octanol–water partition coefficient (Wildman–Crippen LogP) is 3.04. The maximum atomic E-state index is 13.3. The molecule has 0 fully saturated rings. The number of hydrogen-bond donors (Lipinski definition) is 2. The molecule has 0 saturated carbocycles. The van der Waals surface area contributed by atoms with E-state index in [1.54, 1.807) is 6.07 Å². The SMILES string of the molecule is CNC(C)c1cc(F)ccc1OCCCCCCO. The Balaban J connectivity index is 2.48. The van der Waals surface area contributed by atoms with Gasteiger partial charge in [0.05, 0.1) is 6.61 Å². The second-order valence-corrected chi connectivity index (χ2v) is 4.68. The molecule has 0 spiro atoms. The number of nitrogens with one attached hydrogen (secondary N) is 1. The number of rotatable bonds is 9. The van der Waals surface area contributed by atoms with Crippen molar-refractivity contribution in [2.24, 2.45) is 0 Å². The van der Waals surface area contributed by atoms with Gasteiger partial charge in [-0.15, -0.1) is 0 Å². The fourth-order valence-electron chi connectivity index (χ4n) is 1.89. The second-order valence-electron chi connectivity index (χ2n) is 4.68. The molecule has 1 rings (SSSR count). The van der Waals surface area contributed by atoms with Crippen LogP contribution in [0.15, 0.2) is 18.2 Å². The van der Waals surface area contributed by atoms with Crippen LogP contribution in [0, 0.1) is 5.82 Å². The molecule has 2 N–H and O–H groups in total. The van der Waals surface area contributed by atoms with Crippen molar-refractivity contribution in [3.63, 3.8) is 0 Å².